The van der Waals surface area contributed by atoms with Crippen LogP contribution < -0.4 is 5.32 Å². The van der Waals surface area contributed by atoms with E-state index in [1.165, 1.54) is 63.3 Å². The number of amides is 1. The second kappa shape index (κ2) is 16.0. The largest absolute Gasteiger partial charge is 0.726 e. The molecule has 0 spiro atoms. The number of unbranched alkanes of at least 4 members (excludes halogenated alkanes) is 1. The van der Waals surface area contributed by atoms with E-state index in [2.05, 4.69) is 36.9 Å². The summed E-state index contributed by atoms with van der Waals surface area (Å²) in [5.41, 5.74) is 0.595. The third-order valence-corrected chi connectivity index (χ3v) is 4.61. The van der Waals surface area contributed by atoms with E-state index in [1.807, 2.05) is 0 Å². The minimum absolute atomic E-state index is 0.0126. The topological polar surface area (TPSA) is 95.5 Å². The lowest BCUT2D eigenvalue weighted by atomic mass is 10.2. The van der Waals surface area contributed by atoms with Gasteiger partial charge in [-0.2, -0.15) is 0 Å². The zero-order valence-corrected chi connectivity index (χ0v) is 18.7. The predicted molar refractivity (Wildman–Crippen MR) is 109 cm³/mol. The molecule has 0 aromatic carbocycles. The molecular weight excluding hydrogens is 368 g/mol. The van der Waals surface area contributed by atoms with Crippen LogP contribution in [0.25, 0.3) is 0 Å². The van der Waals surface area contributed by atoms with Gasteiger partial charge in [0.15, 0.2) is 0 Å². The first-order valence-electron chi connectivity index (χ1n) is 9.96. The van der Waals surface area contributed by atoms with Gasteiger partial charge in [-0.3, -0.25) is 8.98 Å². The van der Waals surface area contributed by atoms with Crippen LogP contribution in [0.3, 0.4) is 0 Å². The molecule has 0 aromatic rings. The van der Waals surface area contributed by atoms with E-state index < -0.39 is 10.4 Å². The minimum Gasteiger partial charge on any atom is -0.726 e. The van der Waals surface area contributed by atoms with E-state index in [9.17, 15) is 17.8 Å². The molecule has 0 unspecified atom stereocenters. The van der Waals surface area contributed by atoms with Crippen LogP contribution >= 0.6 is 0 Å². The van der Waals surface area contributed by atoms with Crippen molar-refractivity contribution >= 4 is 16.3 Å². The van der Waals surface area contributed by atoms with Crippen molar-refractivity contribution in [3.05, 3.63) is 12.2 Å². The smallest absolute Gasteiger partial charge is 0.246 e. The quantitative estimate of drug-likeness (QED) is 0.157. The van der Waals surface area contributed by atoms with Gasteiger partial charge in [-0.05, 0) is 46.0 Å². The maximum Gasteiger partial charge on any atom is 0.246 e. The maximum atomic E-state index is 11.4. The van der Waals surface area contributed by atoms with Crippen molar-refractivity contribution in [2.24, 2.45) is 0 Å². The Labute approximate surface area is 166 Å². The second-order valence-electron chi connectivity index (χ2n) is 6.79. The maximum absolute atomic E-state index is 11.4. The summed E-state index contributed by atoms with van der Waals surface area (Å²) in [6.07, 6.45) is 6.03. The van der Waals surface area contributed by atoms with Crippen LogP contribution in [0.1, 0.15) is 66.7 Å². The highest BCUT2D eigenvalue weighted by Crippen LogP contribution is 2.13. The molecule has 1 N–H and O–H groups in total. The third-order valence-electron chi connectivity index (χ3n) is 4.09. The molecule has 1 amide bonds. The Hall–Kier alpha value is -0.960. The second-order valence-corrected chi connectivity index (χ2v) is 7.85. The van der Waals surface area contributed by atoms with Gasteiger partial charge in [0.1, 0.15) is 0 Å². The molecule has 0 heterocycles. The SMILES string of the molecule is C=C(C)C(=O)NCCCC[N+](CCC)(CCC)CCC.CCOS(=O)(=O)[O-]. The first-order chi connectivity index (χ1) is 12.6. The van der Waals surface area contributed by atoms with Crippen molar-refractivity contribution in [2.45, 2.75) is 66.7 Å². The summed E-state index contributed by atoms with van der Waals surface area (Å²) in [5, 5.41) is 2.92. The Bertz CT molecular complexity index is 489. The molecule has 0 aliphatic heterocycles. The van der Waals surface area contributed by atoms with Crippen LogP contribution in [0, 0.1) is 0 Å². The normalized spacial score (nSPS) is 11.5. The molecule has 0 bridgehead atoms. The van der Waals surface area contributed by atoms with Gasteiger partial charge in [0.05, 0.1) is 32.8 Å². The van der Waals surface area contributed by atoms with E-state index in [4.69, 9.17) is 0 Å². The fraction of sp³-hybridized carbons (Fsp3) is 0.842. The number of carbonyl (C=O) groups is 1. The van der Waals surface area contributed by atoms with Crippen LogP contribution in [0.15, 0.2) is 12.2 Å². The number of rotatable bonds is 14. The number of hydrogen-bond acceptors (Lipinski definition) is 5. The Balaban J connectivity index is 0. The number of carbonyl (C=O) groups excluding carboxylic acids is 1. The monoisotopic (exact) mass is 408 g/mol. The summed E-state index contributed by atoms with van der Waals surface area (Å²) in [6, 6.07) is 0. The number of quaternary nitrogens is 1. The van der Waals surface area contributed by atoms with Gasteiger partial charge in [-0.1, -0.05) is 27.4 Å². The zero-order chi connectivity index (χ0) is 21.3. The molecule has 0 saturated heterocycles. The zero-order valence-electron chi connectivity index (χ0n) is 17.9. The van der Waals surface area contributed by atoms with E-state index in [0.717, 1.165) is 13.0 Å². The summed E-state index contributed by atoms with van der Waals surface area (Å²) in [7, 11) is -4.42. The Morgan fingerprint density at radius 2 is 1.48 bits per heavy atom. The van der Waals surface area contributed by atoms with Gasteiger partial charge in [0, 0.05) is 12.1 Å². The molecule has 7 nitrogen and oxygen atoms in total. The van der Waals surface area contributed by atoms with Gasteiger partial charge in [-0.25, -0.2) is 8.42 Å². The molecule has 0 fully saturated rings. The standard InChI is InChI=1S/C17H34N2O.C2H6O4S/c1-6-12-19(13-7-2,14-8-3)15-10-9-11-18-17(20)16(4)5;1-2-6-7(3,4)5/h4,6-15H2,1-3,5H3;2H2,1H3,(H,3,4,5). The molecule has 0 radical (unpaired) electrons. The highest BCUT2D eigenvalue weighted by molar-refractivity contribution is 7.80. The molecule has 0 rings (SSSR count). The summed E-state index contributed by atoms with van der Waals surface area (Å²) in [4.78, 5) is 11.4. The summed E-state index contributed by atoms with van der Waals surface area (Å²) >= 11 is 0. The van der Waals surface area contributed by atoms with Crippen molar-refractivity contribution in [2.75, 3.05) is 39.3 Å². The van der Waals surface area contributed by atoms with Crippen molar-refractivity contribution in [3.8, 4) is 0 Å². The Kier molecular flexibility index (Phi) is 16.8. The van der Waals surface area contributed by atoms with Gasteiger partial charge in [0.2, 0.25) is 16.3 Å². The van der Waals surface area contributed by atoms with Crippen molar-refractivity contribution in [1.82, 2.24) is 5.32 Å². The molecule has 27 heavy (non-hydrogen) atoms. The Morgan fingerprint density at radius 1 is 1.00 bits per heavy atom. The van der Waals surface area contributed by atoms with Gasteiger partial charge in [0.25, 0.3) is 0 Å². The molecule has 0 saturated carbocycles. The van der Waals surface area contributed by atoms with Gasteiger partial charge < -0.3 is 14.4 Å². The average Bonchev–Trinajstić information content (AvgIpc) is 2.54. The highest BCUT2D eigenvalue weighted by Gasteiger charge is 2.23. The molecule has 162 valence electrons. The van der Waals surface area contributed by atoms with Crippen LogP contribution in [0.5, 0.6) is 0 Å². The first-order valence-corrected chi connectivity index (χ1v) is 11.3. The number of nitrogens with one attached hydrogen (secondary N) is 1. The lowest BCUT2D eigenvalue weighted by Gasteiger charge is -2.38. The highest BCUT2D eigenvalue weighted by atomic mass is 32.3. The average molecular weight is 409 g/mol. The van der Waals surface area contributed by atoms with Crippen LogP contribution in [-0.4, -0.2) is 62.7 Å². The molecule has 0 atom stereocenters. The number of hydrogen-bond donors (Lipinski definition) is 1. The van der Waals surface area contributed by atoms with E-state index in [0.29, 0.717) is 5.57 Å². The fourth-order valence-corrected chi connectivity index (χ4v) is 3.45. The molecule has 0 aliphatic rings. The van der Waals surface area contributed by atoms with Crippen LogP contribution in [0.4, 0.5) is 0 Å². The van der Waals surface area contributed by atoms with Crippen LogP contribution in [0.2, 0.25) is 0 Å². The minimum atomic E-state index is -4.42. The fourth-order valence-electron chi connectivity index (χ4n) is 3.16. The van der Waals surface area contributed by atoms with Crippen molar-refractivity contribution in [1.29, 1.82) is 0 Å². The summed E-state index contributed by atoms with van der Waals surface area (Å²) in [5.74, 6) is -0.0126. The van der Waals surface area contributed by atoms with E-state index >= 15 is 0 Å². The number of nitrogens with zero attached hydrogens (tertiary/aromatic N) is 1. The molecule has 0 aromatic heterocycles. The van der Waals surface area contributed by atoms with Gasteiger partial charge in [-0.15, -0.1) is 0 Å². The molecule has 0 aliphatic carbocycles. The van der Waals surface area contributed by atoms with Crippen molar-refractivity contribution in [3.63, 3.8) is 0 Å². The molecular formula is C19H40N2O5S. The van der Waals surface area contributed by atoms with Crippen molar-refractivity contribution < 1.29 is 26.4 Å². The first kappa shape index (κ1) is 28.3. The lowest BCUT2D eigenvalue weighted by Crippen LogP contribution is -2.50. The summed E-state index contributed by atoms with van der Waals surface area (Å²) in [6.45, 7) is 19.5. The van der Waals surface area contributed by atoms with Crippen LogP contribution in [-0.2, 0) is 19.4 Å². The summed E-state index contributed by atoms with van der Waals surface area (Å²) < 4.78 is 33.3. The van der Waals surface area contributed by atoms with E-state index in [1.54, 1.807) is 6.92 Å². The Morgan fingerprint density at radius 3 is 1.78 bits per heavy atom. The predicted octanol–water partition coefficient (Wildman–Crippen LogP) is 2.99. The lowest BCUT2D eigenvalue weighted by molar-refractivity contribution is -0.928. The van der Waals surface area contributed by atoms with E-state index in [-0.39, 0.29) is 12.5 Å². The van der Waals surface area contributed by atoms with Gasteiger partial charge >= 0.3 is 0 Å². The third kappa shape index (κ3) is 16.9. The molecule has 8 heteroatoms.